The molecular weight excluding hydrogens is 641 g/mol. The molecule has 2 heterocycles. The molecule has 0 saturated carbocycles. The Bertz CT molecular complexity index is 2320. The van der Waals surface area contributed by atoms with Gasteiger partial charge in [0.15, 0.2) is 0 Å². The molecule has 8 aromatic rings. The van der Waals surface area contributed by atoms with Gasteiger partial charge in [-0.25, -0.2) is 0 Å². The predicted molar refractivity (Wildman–Crippen MR) is 213 cm³/mol. The summed E-state index contributed by atoms with van der Waals surface area (Å²) in [4.78, 5) is 2.74. The van der Waals surface area contributed by atoms with Crippen molar-refractivity contribution in [2.24, 2.45) is 0 Å². The van der Waals surface area contributed by atoms with E-state index in [0.717, 1.165) is 0 Å². The summed E-state index contributed by atoms with van der Waals surface area (Å²) in [5.74, 6) is 0. The van der Waals surface area contributed by atoms with Gasteiger partial charge >= 0.3 is 0 Å². The average molecular weight is 677 g/mol. The zero-order valence-corrected chi connectivity index (χ0v) is 30.3. The Morgan fingerprint density at radius 3 is 0.920 bits per heavy atom. The molecule has 0 spiro atoms. The van der Waals surface area contributed by atoms with Crippen LogP contribution in [0.15, 0.2) is 144 Å². The van der Waals surface area contributed by atoms with E-state index >= 15 is 0 Å². The van der Waals surface area contributed by atoms with Crippen LogP contribution in [0.1, 0.15) is 66.8 Å². The third-order valence-electron chi connectivity index (χ3n) is 11.5. The molecule has 2 aromatic heterocycles. The molecule has 50 heavy (non-hydrogen) atoms. The molecule has 2 aliphatic rings. The maximum atomic E-state index is 2.47. The fourth-order valence-electron chi connectivity index (χ4n) is 9.21. The fourth-order valence-corrected chi connectivity index (χ4v) is 11.2. The Morgan fingerprint density at radius 2 is 0.620 bits per heavy atom. The van der Waals surface area contributed by atoms with Gasteiger partial charge < -0.3 is 0 Å². The van der Waals surface area contributed by atoms with Gasteiger partial charge in [-0.2, -0.15) is 0 Å². The summed E-state index contributed by atoms with van der Waals surface area (Å²) in [6, 6.07) is 51.9. The van der Waals surface area contributed by atoms with Crippen LogP contribution >= 0.6 is 22.7 Å². The molecule has 0 N–H and O–H groups in total. The standard InChI is InChI=1S/C48H36S2/c1-29-5-13-33(14-6-29)47(34-15-7-30(2)8-16-34)39-23-21-38-44-40(24-22-37(43(39)44)45-41(47)25-27-49-45)48(42-26-28-50-46(38)42,35-17-9-31(3)10-18-35)36-19-11-32(4)12-20-36/h5-28H,1-4H3. The van der Waals surface area contributed by atoms with E-state index < -0.39 is 10.8 Å². The summed E-state index contributed by atoms with van der Waals surface area (Å²) in [5.41, 5.74) is 17.6. The van der Waals surface area contributed by atoms with E-state index in [0.29, 0.717) is 0 Å². The molecule has 0 amide bonds. The summed E-state index contributed by atoms with van der Waals surface area (Å²) in [6.45, 7) is 8.75. The van der Waals surface area contributed by atoms with Crippen LogP contribution < -0.4 is 0 Å². The molecule has 0 fully saturated rings. The number of aryl methyl sites for hydroxylation is 4. The molecule has 0 nitrogen and oxygen atoms in total. The minimum atomic E-state index is -0.465. The second-order valence-corrected chi connectivity index (χ2v) is 16.2. The molecule has 0 saturated heterocycles. The first-order valence-electron chi connectivity index (χ1n) is 17.5. The van der Waals surface area contributed by atoms with E-state index in [2.05, 4.69) is 172 Å². The van der Waals surface area contributed by atoms with Crippen LogP contribution in [0.4, 0.5) is 0 Å². The molecule has 2 heteroatoms. The summed E-state index contributed by atoms with van der Waals surface area (Å²) >= 11 is 3.77. The van der Waals surface area contributed by atoms with Crippen LogP contribution in [0.2, 0.25) is 0 Å². The molecule has 0 atom stereocenters. The SMILES string of the molecule is Cc1ccc(C2(c3ccc(C)cc3)c3ccsc3-c3ccc4c5c(ccc2c35)-c2sccc2C4(c2ccc(C)cc2)c2ccc(C)cc2)cc1. The predicted octanol–water partition coefficient (Wildman–Crippen LogP) is 12.9. The lowest BCUT2D eigenvalue weighted by molar-refractivity contribution is 0.743. The van der Waals surface area contributed by atoms with E-state index in [4.69, 9.17) is 0 Å². The first kappa shape index (κ1) is 29.9. The third-order valence-corrected chi connectivity index (χ3v) is 13.4. The van der Waals surface area contributed by atoms with Gasteiger partial charge in [-0.1, -0.05) is 144 Å². The molecular formula is C48H36S2. The number of fused-ring (bicyclic) bond motifs is 4. The van der Waals surface area contributed by atoms with Crippen molar-refractivity contribution < 1.29 is 0 Å². The summed E-state index contributed by atoms with van der Waals surface area (Å²) in [7, 11) is 0. The van der Waals surface area contributed by atoms with Crippen LogP contribution in [0.3, 0.4) is 0 Å². The smallest absolute Gasteiger partial charge is 0.0721 e. The van der Waals surface area contributed by atoms with Crippen molar-refractivity contribution in [2.45, 2.75) is 38.5 Å². The average Bonchev–Trinajstić information content (AvgIpc) is 3.84. The Kier molecular flexibility index (Phi) is 6.41. The first-order chi connectivity index (χ1) is 24.4. The van der Waals surface area contributed by atoms with Gasteiger partial charge in [0.2, 0.25) is 0 Å². The number of rotatable bonds is 4. The molecule has 0 bridgehead atoms. The summed E-state index contributed by atoms with van der Waals surface area (Å²) < 4.78 is 0. The van der Waals surface area contributed by atoms with Gasteiger partial charge in [0.25, 0.3) is 0 Å². The minimum Gasteiger partial charge on any atom is -0.143 e. The van der Waals surface area contributed by atoms with Crippen molar-refractivity contribution in [1.29, 1.82) is 0 Å². The monoisotopic (exact) mass is 676 g/mol. The van der Waals surface area contributed by atoms with E-state index in [1.165, 1.54) is 98.4 Å². The Labute approximate surface area is 302 Å². The van der Waals surface area contributed by atoms with Crippen molar-refractivity contribution in [3.63, 3.8) is 0 Å². The molecule has 240 valence electrons. The second kappa shape index (κ2) is 10.7. The van der Waals surface area contributed by atoms with E-state index in [1.54, 1.807) is 0 Å². The van der Waals surface area contributed by atoms with Crippen LogP contribution in [0.5, 0.6) is 0 Å². The molecule has 10 rings (SSSR count). The van der Waals surface area contributed by atoms with Gasteiger partial charge in [-0.3, -0.25) is 0 Å². The lowest BCUT2D eigenvalue weighted by Gasteiger charge is -2.44. The van der Waals surface area contributed by atoms with Crippen LogP contribution in [-0.2, 0) is 10.8 Å². The van der Waals surface area contributed by atoms with Gasteiger partial charge in [-0.15, -0.1) is 22.7 Å². The van der Waals surface area contributed by atoms with Gasteiger partial charge in [0.05, 0.1) is 10.8 Å². The third kappa shape index (κ3) is 3.81. The zero-order chi connectivity index (χ0) is 33.8. The van der Waals surface area contributed by atoms with E-state index in [-0.39, 0.29) is 0 Å². The zero-order valence-electron chi connectivity index (χ0n) is 28.7. The molecule has 0 radical (unpaired) electrons. The largest absolute Gasteiger partial charge is 0.143 e. The van der Waals surface area contributed by atoms with Crippen molar-refractivity contribution in [3.05, 3.63) is 211 Å². The second-order valence-electron chi connectivity index (χ2n) is 14.4. The topological polar surface area (TPSA) is 0 Å². The molecule has 0 aliphatic heterocycles. The van der Waals surface area contributed by atoms with Crippen molar-refractivity contribution in [2.75, 3.05) is 0 Å². The Balaban J connectivity index is 1.42. The molecule has 2 aliphatic carbocycles. The number of hydrogen-bond acceptors (Lipinski definition) is 2. The van der Waals surface area contributed by atoms with Crippen LogP contribution in [0, 0.1) is 27.7 Å². The lowest BCUT2D eigenvalue weighted by atomic mass is 9.57. The normalized spacial score (nSPS) is 14.7. The van der Waals surface area contributed by atoms with Crippen LogP contribution in [0.25, 0.3) is 31.7 Å². The summed E-state index contributed by atoms with van der Waals surface area (Å²) in [6.07, 6.45) is 0. The maximum absolute atomic E-state index is 2.47. The molecule has 6 aromatic carbocycles. The van der Waals surface area contributed by atoms with E-state index in [9.17, 15) is 0 Å². The Hall–Kier alpha value is -5.02. The first-order valence-corrected chi connectivity index (χ1v) is 19.2. The van der Waals surface area contributed by atoms with Crippen molar-refractivity contribution in [1.82, 2.24) is 0 Å². The highest BCUT2D eigenvalue weighted by atomic mass is 32.1. The van der Waals surface area contributed by atoms with Gasteiger partial charge in [0.1, 0.15) is 0 Å². The quantitative estimate of drug-likeness (QED) is 0.174. The summed E-state index contributed by atoms with van der Waals surface area (Å²) in [5, 5.41) is 7.39. The number of hydrogen-bond donors (Lipinski definition) is 0. The molecule has 0 unspecified atom stereocenters. The van der Waals surface area contributed by atoms with Crippen molar-refractivity contribution >= 4 is 33.4 Å². The number of benzene rings is 6. The van der Waals surface area contributed by atoms with Crippen molar-refractivity contribution in [3.8, 4) is 20.9 Å². The fraction of sp³-hybridized carbons (Fsp3) is 0.125. The van der Waals surface area contributed by atoms with Crippen LogP contribution in [-0.4, -0.2) is 0 Å². The highest BCUT2D eigenvalue weighted by molar-refractivity contribution is 7.14. The minimum absolute atomic E-state index is 0.465. The van der Waals surface area contributed by atoms with Gasteiger partial charge in [0, 0.05) is 20.9 Å². The van der Waals surface area contributed by atoms with E-state index in [1.807, 2.05) is 22.7 Å². The highest BCUT2D eigenvalue weighted by Crippen LogP contribution is 2.63. The maximum Gasteiger partial charge on any atom is 0.0721 e. The number of thiophene rings is 2. The van der Waals surface area contributed by atoms with Gasteiger partial charge in [-0.05, 0) is 106 Å². The Morgan fingerprint density at radius 1 is 0.320 bits per heavy atom. The highest BCUT2D eigenvalue weighted by Gasteiger charge is 2.49. The lowest BCUT2D eigenvalue weighted by Crippen LogP contribution is -2.35.